The molecule has 1 aromatic rings. The molecular weight excluding hydrogens is 229 g/mol. The molecule has 3 nitrogen and oxygen atoms in total. The van der Waals surface area contributed by atoms with Gasteiger partial charge in [0.15, 0.2) is 9.84 Å². The van der Waals surface area contributed by atoms with E-state index < -0.39 is 15.7 Å². The molecule has 0 saturated carbocycles. The Balaban J connectivity index is 2.43. The molecule has 5 heteroatoms. The van der Waals surface area contributed by atoms with E-state index in [4.69, 9.17) is 0 Å². The zero-order valence-electron chi connectivity index (χ0n) is 9.03. The van der Waals surface area contributed by atoms with E-state index >= 15 is 0 Å². The molecule has 88 valence electrons. The van der Waals surface area contributed by atoms with E-state index in [-0.39, 0.29) is 16.7 Å². The average Bonchev–Trinajstić information content (AvgIpc) is 2.49. The van der Waals surface area contributed by atoms with Crippen LogP contribution in [0.4, 0.5) is 4.39 Å². The van der Waals surface area contributed by atoms with Crippen molar-refractivity contribution >= 4 is 9.84 Å². The van der Waals surface area contributed by atoms with E-state index in [2.05, 4.69) is 5.32 Å². The van der Waals surface area contributed by atoms with Crippen LogP contribution < -0.4 is 5.32 Å². The molecule has 1 atom stereocenters. The highest BCUT2D eigenvalue weighted by atomic mass is 32.2. The molecule has 1 unspecified atom stereocenters. The van der Waals surface area contributed by atoms with Gasteiger partial charge >= 0.3 is 0 Å². The van der Waals surface area contributed by atoms with Crippen LogP contribution in [0.3, 0.4) is 0 Å². The zero-order valence-corrected chi connectivity index (χ0v) is 9.85. The molecule has 2 rings (SSSR count). The van der Waals surface area contributed by atoms with Crippen molar-refractivity contribution in [2.24, 2.45) is 0 Å². The Hall–Kier alpha value is -0.940. The average molecular weight is 243 g/mol. The van der Waals surface area contributed by atoms with Crippen molar-refractivity contribution in [1.29, 1.82) is 0 Å². The van der Waals surface area contributed by atoms with Crippen molar-refractivity contribution in [2.45, 2.75) is 24.3 Å². The van der Waals surface area contributed by atoms with Crippen LogP contribution in [0.2, 0.25) is 0 Å². The largest absolute Gasteiger partial charge is 0.309 e. The maximum Gasteiger partial charge on any atom is 0.183 e. The Morgan fingerprint density at radius 3 is 2.94 bits per heavy atom. The lowest BCUT2D eigenvalue weighted by atomic mass is 10.1. The first-order valence-corrected chi connectivity index (χ1v) is 6.96. The summed E-state index contributed by atoms with van der Waals surface area (Å²) in [6.07, 6.45) is 0.918. The van der Waals surface area contributed by atoms with Gasteiger partial charge in [0.1, 0.15) is 10.7 Å². The van der Waals surface area contributed by atoms with Gasteiger partial charge in [-0.1, -0.05) is 19.1 Å². The van der Waals surface area contributed by atoms with Crippen LogP contribution in [0.25, 0.3) is 0 Å². The third-order valence-electron chi connectivity index (χ3n) is 2.71. The number of halogens is 1. The zero-order chi connectivity index (χ0) is 11.8. The summed E-state index contributed by atoms with van der Waals surface area (Å²) >= 11 is 0. The second-order valence-corrected chi connectivity index (χ2v) is 5.92. The topological polar surface area (TPSA) is 46.2 Å². The summed E-state index contributed by atoms with van der Waals surface area (Å²) in [6.45, 7) is 2.74. The van der Waals surface area contributed by atoms with E-state index in [1.807, 2.05) is 6.92 Å². The van der Waals surface area contributed by atoms with E-state index in [1.165, 1.54) is 6.07 Å². The quantitative estimate of drug-likeness (QED) is 0.878. The Morgan fingerprint density at radius 2 is 2.25 bits per heavy atom. The molecule has 1 aliphatic heterocycles. The maximum atomic E-state index is 13.5. The molecule has 0 fully saturated rings. The van der Waals surface area contributed by atoms with Crippen LogP contribution in [-0.2, 0) is 9.84 Å². The van der Waals surface area contributed by atoms with Gasteiger partial charge in [-0.15, -0.1) is 0 Å². The molecule has 1 aromatic carbocycles. The minimum Gasteiger partial charge on any atom is -0.309 e. The number of fused-ring (bicyclic) bond motifs is 1. The summed E-state index contributed by atoms with van der Waals surface area (Å²) in [5.74, 6) is -0.679. The van der Waals surface area contributed by atoms with Gasteiger partial charge in [-0.2, -0.15) is 0 Å². The Morgan fingerprint density at radius 1 is 1.50 bits per heavy atom. The number of sulfone groups is 1. The molecule has 16 heavy (non-hydrogen) atoms. The monoisotopic (exact) mass is 243 g/mol. The molecule has 1 heterocycles. The Bertz CT molecular complexity index is 499. The molecular formula is C11H14FNO2S. The fraction of sp³-hybridized carbons (Fsp3) is 0.455. The van der Waals surface area contributed by atoms with Crippen molar-refractivity contribution in [1.82, 2.24) is 5.32 Å². The Labute approximate surface area is 94.6 Å². The van der Waals surface area contributed by atoms with Crippen molar-refractivity contribution in [2.75, 3.05) is 12.3 Å². The smallest absolute Gasteiger partial charge is 0.183 e. The summed E-state index contributed by atoms with van der Waals surface area (Å²) in [5.41, 5.74) is 0.563. The third-order valence-corrected chi connectivity index (χ3v) is 4.54. The number of benzene rings is 1. The highest BCUT2D eigenvalue weighted by Crippen LogP contribution is 2.34. The normalized spacial score (nSPS) is 22.0. The SMILES string of the molecule is CCCNC1CS(=O)(=O)c2c(F)cccc21. The number of nitrogens with one attached hydrogen (secondary N) is 1. The minimum atomic E-state index is -3.45. The van der Waals surface area contributed by atoms with Gasteiger partial charge < -0.3 is 5.32 Å². The first-order valence-electron chi connectivity index (χ1n) is 5.31. The van der Waals surface area contributed by atoms with E-state index in [0.29, 0.717) is 5.56 Å². The minimum absolute atomic E-state index is 0.0384. The molecule has 0 bridgehead atoms. The van der Waals surface area contributed by atoms with Gasteiger partial charge in [0.25, 0.3) is 0 Å². The van der Waals surface area contributed by atoms with Gasteiger partial charge in [0, 0.05) is 6.04 Å². The summed E-state index contributed by atoms with van der Waals surface area (Å²) < 4.78 is 37.0. The molecule has 0 aromatic heterocycles. The van der Waals surface area contributed by atoms with Gasteiger partial charge in [-0.25, -0.2) is 12.8 Å². The van der Waals surface area contributed by atoms with E-state index in [1.54, 1.807) is 12.1 Å². The fourth-order valence-corrected chi connectivity index (χ4v) is 3.85. The maximum absolute atomic E-state index is 13.5. The second kappa shape index (κ2) is 4.14. The van der Waals surface area contributed by atoms with Crippen LogP contribution in [-0.4, -0.2) is 20.7 Å². The van der Waals surface area contributed by atoms with Gasteiger partial charge in [0.2, 0.25) is 0 Å². The number of hydrogen-bond acceptors (Lipinski definition) is 3. The van der Waals surface area contributed by atoms with Crippen LogP contribution >= 0.6 is 0 Å². The lowest BCUT2D eigenvalue weighted by molar-refractivity contribution is 0.560. The molecule has 0 aliphatic carbocycles. The highest BCUT2D eigenvalue weighted by molar-refractivity contribution is 7.91. The predicted molar refractivity (Wildman–Crippen MR) is 59.5 cm³/mol. The van der Waals surface area contributed by atoms with Crippen LogP contribution in [0.5, 0.6) is 0 Å². The van der Waals surface area contributed by atoms with E-state index in [9.17, 15) is 12.8 Å². The summed E-state index contributed by atoms with van der Waals surface area (Å²) in [4.78, 5) is -0.122. The van der Waals surface area contributed by atoms with E-state index in [0.717, 1.165) is 13.0 Å². The number of hydrogen-bond donors (Lipinski definition) is 1. The summed E-state index contributed by atoms with van der Waals surface area (Å²) in [7, 11) is -3.45. The lowest BCUT2D eigenvalue weighted by Crippen LogP contribution is -2.23. The van der Waals surface area contributed by atoms with Gasteiger partial charge in [-0.05, 0) is 24.6 Å². The predicted octanol–water partition coefficient (Wildman–Crippen LogP) is 1.65. The fourth-order valence-electron chi connectivity index (χ4n) is 2.01. The van der Waals surface area contributed by atoms with Gasteiger partial charge in [0.05, 0.1) is 5.75 Å². The summed E-state index contributed by atoms with van der Waals surface area (Å²) in [6, 6.07) is 4.15. The molecule has 1 N–H and O–H groups in total. The third kappa shape index (κ3) is 1.85. The van der Waals surface area contributed by atoms with Crippen molar-refractivity contribution in [3.63, 3.8) is 0 Å². The molecule has 0 radical (unpaired) electrons. The standard InChI is InChI=1S/C11H14FNO2S/c1-2-6-13-10-7-16(14,15)11-8(10)4-3-5-9(11)12/h3-5,10,13H,2,6-7H2,1H3. The highest BCUT2D eigenvalue weighted by Gasteiger charge is 2.36. The molecule has 1 aliphatic rings. The summed E-state index contributed by atoms with van der Waals surface area (Å²) in [5, 5.41) is 3.12. The van der Waals surface area contributed by atoms with Gasteiger partial charge in [-0.3, -0.25) is 0 Å². The van der Waals surface area contributed by atoms with Crippen molar-refractivity contribution < 1.29 is 12.8 Å². The van der Waals surface area contributed by atoms with Crippen LogP contribution in [0.15, 0.2) is 23.1 Å². The first kappa shape index (κ1) is 11.5. The molecule has 0 spiro atoms. The first-order chi connectivity index (χ1) is 7.56. The van der Waals surface area contributed by atoms with Crippen LogP contribution in [0, 0.1) is 5.82 Å². The lowest BCUT2D eigenvalue weighted by Gasteiger charge is -2.11. The van der Waals surface area contributed by atoms with Crippen LogP contribution in [0.1, 0.15) is 24.9 Å². The number of rotatable bonds is 3. The second-order valence-electron chi connectivity index (χ2n) is 3.95. The Kier molecular flexibility index (Phi) is 2.99. The van der Waals surface area contributed by atoms with Crippen molar-refractivity contribution in [3.8, 4) is 0 Å². The van der Waals surface area contributed by atoms with Crippen molar-refractivity contribution in [3.05, 3.63) is 29.6 Å². The molecule has 0 amide bonds. The molecule has 0 saturated heterocycles.